The summed E-state index contributed by atoms with van der Waals surface area (Å²) in [6.45, 7) is 8.26. The first-order chi connectivity index (χ1) is 5.31. The summed E-state index contributed by atoms with van der Waals surface area (Å²) in [5.41, 5.74) is 1.13. The standard InChI is InChI=1S/C10H16O/c1-4-5-7-10(2)8-6-9-11-3/h4-5,7H,1-2,6,8-9H2,3H3/b7-5-. The number of hydrogen-bond donors (Lipinski definition) is 0. The lowest BCUT2D eigenvalue weighted by molar-refractivity contribution is 0.195. The highest BCUT2D eigenvalue weighted by molar-refractivity contribution is 5.17. The van der Waals surface area contributed by atoms with Crippen molar-refractivity contribution >= 4 is 0 Å². The predicted octanol–water partition coefficient (Wildman–Crippen LogP) is 2.71. The van der Waals surface area contributed by atoms with Gasteiger partial charge in [0.25, 0.3) is 0 Å². The van der Waals surface area contributed by atoms with E-state index in [1.165, 1.54) is 0 Å². The van der Waals surface area contributed by atoms with E-state index in [4.69, 9.17) is 4.74 Å². The fraction of sp³-hybridized carbons (Fsp3) is 0.400. The summed E-state index contributed by atoms with van der Waals surface area (Å²) >= 11 is 0. The molecule has 11 heavy (non-hydrogen) atoms. The molecule has 0 N–H and O–H groups in total. The van der Waals surface area contributed by atoms with Gasteiger partial charge in [0.15, 0.2) is 0 Å². The molecule has 0 aromatic rings. The average Bonchev–Trinajstić information content (AvgIpc) is 2.01. The van der Waals surface area contributed by atoms with E-state index in [9.17, 15) is 0 Å². The van der Waals surface area contributed by atoms with Crippen LogP contribution in [-0.4, -0.2) is 13.7 Å². The molecule has 0 bridgehead atoms. The van der Waals surface area contributed by atoms with E-state index in [0.717, 1.165) is 25.0 Å². The Labute approximate surface area is 69.1 Å². The van der Waals surface area contributed by atoms with Crippen molar-refractivity contribution in [2.75, 3.05) is 13.7 Å². The van der Waals surface area contributed by atoms with E-state index < -0.39 is 0 Å². The smallest absolute Gasteiger partial charge is 0.0465 e. The molecule has 0 saturated heterocycles. The number of methoxy groups -OCH3 is 1. The van der Waals surface area contributed by atoms with Crippen molar-refractivity contribution in [2.45, 2.75) is 12.8 Å². The molecule has 0 rings (SSSR count). The van der Waals surface area contributed by atoms with Gasteiger partial charge in [0.05, 0.1) is 0 Å². The summed E-state index contributed by atoms with van der Waals surface area (Å²) in [6.07, 6.45) is 7.66. The molecule has 0 aromatic carbocycles. The molecule has 0 radical (unpaired) electrons. The molecule has 0 spiro atoms. The lowest BCUT2D eigenvalue weighted by Crippen LogP contribution is -1.88. The lowest BCUT2D eigenvalue weighted by Gasteiger charge is -1.98. The highest BCUT2D eigenvalue weighted by Crippen LogP contribution is 2.03. The van der Waals surface area contributed by atoms with Crippen molar-refractivity contribution in [3.63, 3.8) is 0 Å². The molecule has 0 aliphatic carbocycles. The Balaban J connectivity index is 3.37. The average molecular weight is 152 g/mol. The minimum atomic E-state index is 0.806. The van der Waals surface area contributed by atoms with Crippen LogP contribution < -0.4 is 0 Å². The van der Waals surface area contributed by atoms with Gasteiger partial charge in [0, 0.05) is 13.7 Å². The molecule has 0 aromatic heterocycles. The SMILES string of the molecule is C=C/C=C\C(=C)CCCOC. The Morgan fingerprint density at radius 1 is 1.55 bits per heavy atom. The topological polar surface area (TPSA) is 9.23 Å². The fourth-order valence-corrected chi connectivity index (χ4v) is 0.731. The normalized spacial score (nSPS) is 10.3. The molecule has 0 saturated carbocycles. The van der Waals surface area contributed by atoms with Crippen LogP contribution >= 0.6 is 0 Å². The van der Waals surface area contributed by atoms with Gasteiger partial charge in [-0.1, -0.05) is 37.0 Å². The largest absolute Gasteiger partial charge is 0.385 e. The van der Waals surface area contributed by atoms with Crippen LogP contribution in [0, 0.1) is 0 Å². The zero-order valence-electron chi connectivity index (χ0n) is 7.18. The van der Waals surface area contributed by atoms with Gasteiger partial charge in [-0.2, -0.15) is 0 Å². The Kier molecular flexibility index (Phi) is 6.75. The van der Waals surface area contributed by atoms with Crippen molar-refractivity contribution < 1.29 is 4.74 Å². The minimum Gasteiger partial charge on any atom is -0.385 e. The van der Waals surface area contributed by atoms with E-state index >= 15 is 0 Å². The van der Waals surface area contributed by atoms with Crippen LogP contribution in [0.1, 0.15) is 12.8 Å². The fourth-order valence-electron chi connectivity index (χ4n) is 0.731. The summed E-state index contributed by atoms with van der Waals surface area (Å²) in [5.74, 6) is 0. The van der Waals surface area contributed by atoms with Crippen molar-refractivity contribution in [3.8, 4) is 0 Å². The van der Waals surface area contributed by atoms with Crippen molar-refractivity contribution in [2.24, 2.45) is 0 Å². The second-order valence-corrected chi connectivity index (χ2v) is 2.35. The molecule has 0 aliphatic rings. The van der Waals surface area contributed by atoms with Crippen LogP contribution in [-0.2, 0) is 4.74 Å². The summed E-state index contributed by atoms with van der Waals surface area (Å²) in [6, 6.07) is 0. The van der Waals surface area contributed by atoms with Crippen LogP contribution in [0.4, 0.5) is 0 Å². The third kappa shape index (κ3) is 7.07. The maximum atomic E-state index is 4.91. The molecule has 0 fully saturated rings. The zero-order chi connectivity index (χ0) is 8.53. The van der Waals surface area contributed by atoms with Crippen molar-refractivity contribution in [1.29, 1.82) is 0 Å². The van der Waals surface area contributed by atoms with E-state index in [-0.39, 0.29) is 0 Å². The van der Waals surface area contributed by atoms with Gasteiger partial charge in [-0.25, -0.2) is 0 Å². The van der Waals surface area contributed by atoms with Crippen LogP contribution in [0.5, 0.6) is 0 Å². The predicted molar refractivity (Wildman–Crippen MR) is 49.6 cm³/mol. The minimum absolute atomic E-state index is 0.806. The molecule has 0 heterocycles. The number of hydrogen-bond acceptors (Lipinski definition) is 1. The van der Waals surface area contributed by atoms with E-state index in [2.05, 4.69) is 13.2 Å². The van der Waals surface area contributed by atoms with Gasteiger partial charge in [-0.15, -0.1) is 0 Å². The summed E-state index contributed by atoms with van der Waals surface area (Å²) in [4.78, 5) is 0. The van der Waals surface area contributed by atoms with Crippen molar-refractivity contribution in [1.82, 2.24) is 0 Å². The number of rotatable bonds is 6. The molecule has 62 valence electrons. The highest BCUT2D eigenvalue weighted by Gasteiger charge is 1.87. The van der Waals surface area contributed by atoms with Crippen LogP contribution in [0.2, 0.25) is 0 Å². The Hall–Kier alpha value is -0.820. The maximum absolute atomic E-state index is 4.91. The quantitative estimate of drug-likeness (QED) is 0.420. The molecular formula is C10H16O. The van der Waals surface area contributed by atoms with E-state index in [1.54, 1.807) is 13.2 Å². The molecule has 1 heteroatoms. The first kappa shape index (κ1) is 10.2. The maximum Gasteiger partial charge on any atom is 0.0465 e. The summed E-state index contributed by atoms with van der Waals surface area (Å²) in [7, 11) is 1.71. The zero-order valence-corrected chi connectivity index (χ0v) is 7.18. The molecular weight excluding hydrogens is 136 g/mol. The lowest BCUT2D eigenvalue weighted by atomic mass is 10.1. The summed E-state index contributed by atoms with van der Waals surface area (Å²) in [5, 5.41) is 0. The number of ether oxygens (including phenoxy) is 1. The third-order valence-corrected chi connectivity index (χ3v) is 1.31. The van der Waals surface area contributed by atoms with Crippen LogP contribution in [0.15, 0.2) is 37.0 Å². The first-order valence-corrected chi connectivity index (χ1v) is 3.77. The molecule has 0 amide bonds. The number of allylic oxidation sites excluding steroid dienone is 4. The third-order valence-electron chi connectivity index (χ3n) is 1.31. The van der Waals surface area contributed by atoms with E-state index in [0.29, 0.717) is 0 Å². The monoisotopic (exact) mass is 152 g/mol. The second kappa shape index (κ2) is 7.29. The highest BCUT2D eigenvalue weighted by atomic mass is 16.5. The van der Waals surface area contributed by atoms with Gasteiger partial charge in [-0.05, 0) is 12.8 Å². The Morgan fingerprint density at radius 2 is 2.27 bits per heavy atom. The van der Waals surface area contributed by atoms with Crippen LogP contribution in [0.25, 0.3) is 0 Å². The van der Waals surface area contributed by atoms with Gasteiger partial charge >= 0.3 is 0 Å². The molecule has 0 aliphatic heterocycles. The molecule has 1 nitrogen and oxygen atoms in total. The second-order valence-electron chi connectivity index (χ2n) is 2.35. The van der Waals surface area contributed by atoms with Gasteiger partial charge in [0.2, 0.25) is 0 Å². The van der Waals surface area contributed by atoms with Crippen molar-refractivity contribution in [3.05, 3.63) is 37.0 Å². The van der Waals surface area contributed by atoms with E-state index in [1.807, 2.05) is 12.2 Å². The van der Waals surface area contributed by atoms with Crippen LogP contribution in [0.3, 0.4) is 0 Å². The van der Waals surface area contributed by atoms with Gasteiger partial charge in [0.1, 0.15) is 0 Å². The Bertz CT molecular complexity index is 145. The molecule has 0 unspecified atom stereocenters. The molecule has 0 atom stereocenters. The summed E-state index contributed by atoms with van der Waals surface area (Å²) < 4.78 is 4.91. The first-order valence-electron chi connectivity index (χ1n) is 3.77. The Morgan fingerprint density at radius 3 is 2.82 bits per heavy atom. The van der Waals surface area contributed by atoms with Gasteiger partial charge in [-0.3, -0.25) is 0 Å². The van der Waals surface area contributed by atoms with Gasteiger partial charge < -0.3 is 4.74 Å².